The van der Waals surface area contributed by atoms with Crippen LogP contribution in [0, 0.1) is 0 Å². The summed E-state index contributed by atoms with van der Waals surface area (Å²) in [5.41, 5.74) is 7.99. The molecule has 1 aromatic rings. The Labute approximate surface area is 79.5 Å². The highest BCUT2D eigenvalue weighted by Crippen LogP contribution is 2.22. The Morgan fingerprint density at radius 1 is 1.46 bits per heavy atom. The molecule has 0 amide bonds. The maximum absolute atomic E-state index is 5.61. The van der Waals surface area contributed by atoms with E-state index in [1.54, 1.807) is 6.20 Å². The van der Waals surface area contributed by atoms with Crippen molar-refractivity contribution < 1.29 is 0 Å². The Bertz CT molecular complexity index is 303. The number of aromatic nitrogens is 1. The molecule has 0 atom stereocenters. The first-order chi connectivity index (χ1) is 6.29. The minimum absolute atomic E-state index is 0.645. The fraction of sp³-hybridized carbons (Fsp3) is 0.364. The zero-order valence-corrected chi connectivity index (χ0v) is 8.25. The van der Waals surface area contributed by atoms with Crippen molar-refractivity contribution in [2.24, 2.45) is 0 Å². The third-order valence-electron chi connectivity index (χ3n) is 1.73. The molecule has 2 rings (SSSR count). The number of hydrogen-bond donors (Lipinski definition) is 1. The van der Waals surface area contributed by atoms with E-state index in [2.05, 4.69) is 24.9 Å². The molecule has 1 aliphatic rings. The van der Waals surface area contributed by atoms with Crippen LogP contribution in [-0.2, 0) is 6.42 Å². The number of pyridine rings is 1. The Morgan fingerprint density at radius 3 is 2.77 bits per heavy atom. The van der Waals surface area contributed by atoms with E-state index in [1.807, 2.05) is 12.1 Å². The fourth-order valence-corrected chi connectivity index (χ4v) is 1.21. The largest absolute Gasteiger partial charge is 0.383 e. The van der Waals surface area contributed by atoms with Gasteiger partial charge >= 0.3 is 0 Å². The average molecular weight is 176 g/mol. The molecule has 13 heavy (non-hydrogen) atoms. The van der Waals surface area contributed by atoms with Crippen LogP contribution in [0.3, 0.4) is 0 Å². The van der Waals surface area contributed by atoms with Gasteiger partial charge in [-0.2, -0.15) is 0 Å². The molecule has 2 heteroatoms. The summed E-state index contributed by atoms with van der Waals surface area (Å²) in [5, 5.41) is 0. The first kappa shape index (κ1) is 9.78. The van der Waals surface area contributed by atoms with E-state index < -0.39 is 0 Å². The summed E-state index contributed by atoms with van der Waals surface area (Å²) in [6, 6.07) is 2.01. The van der Waals surface area contributed by atoms with Gasteiger partial charge in [-0.3, -0.25) is 0 Å². The van der Waals surface area contributed by atoms with Crippen molar-refractivity contribution in [3.05, 3.63) is 29.5 Å². The summed E-state index contributed by atoms with van der Waals surface area (Å²) in [5.74, 6) is 0.645. The van der Waals surface area contributed by atoms with Gasteiger partial charge < -0.3 is 5.73 Å². The molecule has 0 fully saturated rings. The molecular weight excluding hydrogens is 160 g/mol. The number of anilines is 1. The van der Waals surface area contributed by atoms with Crippen molar-refractivity contribution >= 4 is 11.9 Å². The van der Waals surface area contributed by atoms with Crippen LogP contribution in [0.15, 0.2) is 18.3 Å². The highest BCUT2D eigenvalue weighted by Gasteiger charge is 2.06. The molecule has 0 unspecified atom stereocenters. The first-order valence-corrected chi connectivity index (χ1v) is 4.69. The fourth-order valence-electron chi connectivity index (χ4n) is 1.21. The Kier molecular flexibility index (Phi) is 3.50. The van der Waals surface area contributed by atoms with Gasteiger partial charge in [0.05, 0.1) is 0 Å². The van der Waals surface area contributed by atoms with Crippen molar-refractivity contribution in [1.29, 1.82) is 0 Å². The van der Waals surface area contributed by atoms with Gasteiger partial charge in [-0.05, 0) is 18.1 Å². The van der Waals surface area contributed by atoms with E-state index in [9.17, 15) is 0 Å². The van der Waals surface area contributed by atoms with Crippen LogP contribution >= 0.6 is 0 Å². The smallest absolute Gasteiger partial charge is 0.130 e. The van der Waals surface area contributed by atoms with Gasteiger partial charge in [0.15, 0.2) is 0 Å². The topological polar surface area (TPSA) is 38.9 Å². The van der Waals surface area contributed by atoms with Crippen LogP contribution in [0.25, 0.3) is 6.08 Å². The normalized spacial score (nSPS) is 11.8. The van der Waals surface area contributed by atoms with Gasteiger partial charge in [0.25, 0.3) is 0 Å². The predicted octanol–water partition coefficient (Wildman–Crippen LogP) is 2.65. The van der Waals surface area contributed by atoms with Crippen molar-refractivity contribution in [3.8, 4) is 0 Å². The average Bonchev–Trinajstić information content (AvgIpc) is 2.54. The SMILES string of the molecule is CCC.Nc1nccc2c1C=CC2. The van der Waals surface area contributed by atoms with Crippen LogP contribution in [0.2, 0.25) is 0 Å². The van der Waals surface area contributed by atoms with Crippen LogP contribution in [0.5, 0.6) is 0 Å². The maximum Gasteiger partial charge on any atom is 0.130 e. The summed E-state index contributed by atoms with van der Waals surface area (Å²) < 4.78 is 0. The molecule has 1 heterocycles. The Balaban J connectivity index is 0.000000251. The zero-order valence-electron chi connectivity index (χ0n) is 8.25. The molecule has 2 N–H and O–H groups in total. The summed E-state index contributed by atoms with van der Waals surface area (Å²) in [6.07, 6.45) is 8.13. The third kappa shape index (κ3) is 2.31. The lowest BCUT2D eigenvalue weighted by Crippen LogP contribution is -1.94. The number of nitrogens with two attached hydrogens (primary N) is 1. The molecule has 0 saturated carbocycles. The minimum atomic E-state index is 0.645. The standard InChI is InChI=1S/C8H8N2.C3H8/c9-8-7-3-1-2-6(7)4-5-10-8;1-3-2/h1,3-5H,2H2,(H2,9,10);3H2,1-2H3. The van der Waals surface area contributed by atoms with Gasteiger partial charge in [-0.15, -0.1) is 0 Å². The lowest BCUT2D eigenvalue weighted by molar-refractivity contribution is 1.09. The third-order valence-corrected chi connectivity index (χ3v) is 1.73. The van der Waals surface area contributed by atoms with Crippen LogP contribution in [0.4, 0.5) is 5.82 Å². The second-order valence-corrected chi connectivity index (χ2v) is 3.08. The second-order valence-electron chi connectivity index (χ2n) is 3.08. The van der Waals surface area contributed by atoms with Crippen LogP contribution in [0.1, 0.15) is 31.4 Å². The quantitative estimate of drug-likeness (QED) is 0.660. The van der Waals surface area contributed by atoms with E-state index in [1.165, 1.54) is 12.0 Å². The van der Waals surface area contributed by atoms with E-state index >= 15 is 0 Å². The number of rotatable bonds is 0. The van der Waals surface area contributed by atoms with Gasteiger partial charge in [0, 0.05) is 11.8 Å². The predicted molar refractivity (Wildman–Crippen MR) is 57.4 cm³/mol. The highest BCUT2D eigenvalue weighted by atomic mass is 14.8. The van der Waals surface area contributed by atoms with Crippen molar-refractivity contribution in [2.75, 3.05) is 5.73 Å². The molecule has 0 spiro atoms. The molecule has 1 aliphatic carbocycles. The maximum atomic E-state index is 5.61. The summed E-state index contributed by atoms with van der Waals surface area (Å²) >= 11 is 0. The van der Waals surface area contributed by atoms with E-state index in [4.69, 9.17) is 5.73 Å². The number of nitrogens with zero attached hydrogens (tertiary/aromatic N) is 1. The summed E-state index contributed by atoms with van der Waals surface area (Å²) in [7, 11) is 0. The minimum Gasteiger partial charge on any atom is -0.383 e. The van der Waals surface area contributed by atoms with Gasteiger partial charge in [0.2, 0.25) is 0 Å². The number of hydrogen-bond acceptors (Lipinski definition) is 2. The molecule has 70 valence electrons. The number of allylic oxidation sites excluding steroid dienone is 1. The lowest BCUT2D eigenvalue weighted by Gasteiger charge is -1.98. The monoisotopic (exact) mass is 176 g/mol. The summed E-state index contributed by atoms with van der Waals surface area (Å²) in [6.45, 7) is 4.25. The molecule has 1 aromatic heterocycles. The van der Waals surface area contributed by atoms with E-state index in [0.717, 1.165) is 12.0 Å². The van der Waals surface area contributed by atoms with Crippen molar-refractivity contribution in [3.63, 3.8) is 0 Å². The van der Waals surface area contributed by atoms with E-state index in [0.29, 0.717) is 5.82 Å². The van der Waals surface area contributed by atoms with E-state index in [-0.39, 0.29) is 0 Å². The molecule has 0 bridgehead atoms. The zero-order chi connectivity index (χ0) is 9.68. The highest BCUT2D eigenvalue weighted by molar-refractivity contribution is 5.68. The summed E-state index contributed by atoms with van der Waals surface area (Å²) in [4.78, 5) is 3.98. The number of nitrogen functional groups attached to an aromatic ring is 1. The van der Waals surface area contributed by atoms with Crippen LogP contribution < -0.4 is 5.73 Å². The second kappa shape index (κ2) is 4.65. The van der Waals surface area contributed by atoms with Crippen molar-refractivity contribution in [1.82, 2.24) is 4.98 Å². The molecule has 0 aliphatic heterocycles. The molecular formula is C11H16N2. The number of fused-ring (bicyclic) bond motifs is 1. The molecule has 0 aromatic carbocycles. The lowest BCUT2D eigenvalue weighted by atomic mass is 10.2. The molecule has 2 nitrogen and oxygen atoms in total. The molecule has 0 radical (unpaired) electrons. The van der Waals surface area contributed by atoms with Crippen molar-refractivity contribution in [2.45, 2.75) is 26.7 Å². The Hall–Kier alpha value is -1.31. The molecule has 0 saturated heterocycles. The van der Waals surface area contributed by atoms with Crippen LogP contribution in [-0.4, -0.2) is 4.98 Å². The van der Waals surface area contributed by atoms with Gasteiger partial charge in [0.1, 0.15) is 5.82 Å². The van der Waals surface area contributed by atoms with Gasteiger partial charge in [-0.25, -0.2) is 4.98 Å². The first-order valence-electron chi connectivity index (χ1n) is 4.69. The Morgan fingerprint density at radius 2 is 2.15 bits per heavy atom. The van der Waals surface area contributed by atoms with Gasteiger partial charge in [-0.1, -0.05) is 32.4 Å².